The Labute approximate surface area is 241 Å². The van der Waals surface area contributed by atoms with Crippen molar-refractivity contribution in [3.05, 3.63) is 106 Å². The summed E-state index contributed by atoms with van der Waals surface area (Å²) in [6.45, 7) is 6.66. The number of hydrogen-bond donors (Lipinski definition) is 1. The Morgan fingerprint density at radius 1 is 0.947 bits per heavy atom. The highest BCUT2D eigenvalue weighted by molar-refractivity contribution is 14.1. The van der Waals surface area contributed by atoms with Crippen molar-refractivity contribution in [2.24, 2.45) is 0 Å². The maximum Gasteiger partial charge on any atom is 0.416 e. The quantitative estimate of drug-likeness (QED) is 0.159. The number of pyridine rings is 1. The Morgan fingerprint density at radius 3 is 2.11 bits per heavy atom. The predicted octanol–water partition coefficient (Wildman–Crippen LogP) is 7.43. The van der Waals surface area contributed by atoms with Gasteiger partial charge in [-0.2, -0.15) is 0 Å². The lowest BCUT2D eigenvalue weighted by Crippen LogP contribution is -2.68. The van der Waals surface area contributed by atoms with Crippen LogP contribution in [0.2, 0.25) is 10.1 Å². The number of fused-ring (bicyclic) bond motifs is 1. The second-order valence-corrected chi connectivity index (χ2v) is 15.9. The molecule has 192 valence electrons. The topological polar surface area (TPSA) is 64.4 Å². The zero-order chi connectivity index (χ0) is 27.1. The average molecular weight is 653 g/mol. The third kappa shape index (κ3) is 4.52. The van der Waals surface area contributed by atoms with Crippen LogP contribution in [0, 0.1) is 3.57 Å². The van der Waals surface area contributed by atoms with Gasteiger partial charge in [0.2, 0.25) is 0 Å². The van der Waals surface area contributed by atoms with Gasteiger partial charge in [-0.25, -0.2) is 9.36 Å². The summed E-state index contributed by atoms with van der Waals surface area (Å²) in [5.41, 5.74) is 2.52. The molecule has 0 spiro atoms. The van der Waals surface area contributed by atoms with Crippen LogP contribution in [0.1, 0.15) is 20.8 Å². The van der Waals surface area contributed by atoms with Gasteiger partial charge in [-0.3, -0.25) is 4.98 Å². The summed E-state index contributed by atoms with van der Waals surface area (Å²) in [5, 5.41) is 12.5. The number of aromatic nitrogens is 2. The van der Waals surface area contributed by atoms with E-state index in [4.69, 9.17) is 16.0 Å². The Kier molecular flexibility index (Phi) is 7.10. The highest BCUT2D eigenvalue weighted by atomic mass is 127. The van der Waals surface area contributed by atoms with E-state index in [9.17, 15) is 9.90 Å². The van der Waals surface area contributed by atoms with E-state index in [0.29, 0.717) is 27.4 Å². The van der Waals surface area contributed by atoms with Gasteiger partial charge in [-0.1, -0.05) is 93.0 Å². The van der Waals surface area contributed by atoms with Crippen molar-refractivity contribution in [2.45, 2.75) is 25.8 Å². The van der Waals surface area contributed by atoms with E-state index < -0.39 is 14.4 Å². The fraction of sp³-hybridized carbons (Fsp3) is 0.133. The smallest absolute Gasteiger partial charge is 0.416 e. The van der Waals surface area contributed by atoms with Crippen molar-refractivity contribution in [1.82, 2.24) is 9.55 Å². The number of carbonyl (C=O) groups is 1. The van der Waals surface area contributed by atoms with Gasteiger partial charge in [0.1, 0.15) is 11.3 Å². The molecule has 5 rings (SSSR count). The van der Waals surface area contributed by atoms with Crippen molar-refractivity contribution in [1.29, 1.82) is 0 Å². The zero-order valence-electron chi connectivity index (χ0n) is 21.2. The molecule has 0 aliphatic carbocycles. The predicted molar refractivity (Wildman–Crippen MR) is 165 cm³/mol. The first-order valence-corrected chi connectivity index (χ1v) is 15.5. The third-order valence-electron chi connectivity index (χ3n) is 6.75. The van der Waals surface area contributed by atoms with Crippen LogP contribution in [-0.2, 0) is 0 Å². The molecule has 0 radical (unpaired) electrons. The van der Waals surface area contributed by atoms with Crippen LogP contribution in [0.15, 0.2) is 97.3 Å². The minimum absolute atomic E-state index is 0.253. The van der Waals surface area contributed by atoms with Crippen LogP contribution in [-0.4, -0.2) is 29.1 Å². The molecule has 2 heterocycles. The van der Waals surface area contributed by atoms with Crippen LogP contribution < -0.4 is 14.8 Å². The van der Waals surface area contributed by atoms with Crippen molar-refractivity contribution in [3.63, 3.8) is 0 Å². The summed E-state index contributed by atoms with van der Waals surface area (Å²) in [6, 6.07) is 28.2. The highest BCUT2D eigenvalue weighted by Gasteiger charge is 2.52. The van der Waals surface area contributed by atoms with Gasteiger partial charge >= 0.3 is 14.4 Å². The van der Waals surface area contributed by atoms with Gasteiger partial charge < -0.3 is 9.53 Å². The summed E-state index contributed by atoms with van der Waals surface area (Å²) >= 11 is 8.65. The van der Waals surface area contributed by atoms with Crippen LogP contribution >= 0.6 is 34.2 Å². The number of hydrogen-bond acceptors (Lipinski definition) is 3. The Bertz CT molecular complexity index is 1590. The third-order valence-corrected chi connectivity index (χ3v) is 12.7. The van der Waals surface area contributed by atoms with Crippen molar-refractivity contribution in [3.8, 4) is 16.9 Å². The fourth-order valence-corrected chi connectivity index (χ4v) is 10.4. The molecule has 1 N–H and O–H groups in total. The molecule has 0 saturated carbocycles. The molecule has 5 nitrogen and oxygen atoms in total. The molecule has 38 heavy (non-hydrogen) atoms. The summed E-state index contributed by atoms with van der Waals surface area (Å²) < 4.78 is 9.30. The van der Waals surface area contributed by atoms with Crippen molar-refractivity contribution >= 4 is 70.0 Å². The second-order valence-electron chi connectivity index (χ2n) is 10.1. The molecule has 0 amide bonds. The first-order valence-electron chi connectivity index (χ1n) is 12.1. The molecule has 2 aromatic heterocycles. The van der Waals surface area contributed by atoms with E-state index in [2.05, 4.69) is 72.6 Å². The van der Waals surface area contributed by atoms with E-state index in [1.54, 1.807) is 12.4 Å². The SMILES string of the molecule is CC(C)(C)[Si](Oc1ccc(Cl)cc1-c1ccnc2c(I)cn(C(=O)O)c12)(c1ccccc1)c1ccccc1. The number of rotatable bonds is 5. The molecular formula is C30H26ClIN2O3Si. The normalized spacial score (nSPS) is 12.0. The van der Waals surface area contributed by atoms with Crippen LogP contribution in [0.5, 0.6) is 5.75 Å². The monoisotopic (exact) mass is 652 g/mol. The number of benzene rings is 3. The molecule has 0 aliphatic rings. The molecule has 0 bridgehead atoms. The molecule has 0 saturated heterocycles. The number of halogens is 2. The minimum atomic E-state index is -2.95. The van der Waals surface area contributed by atoms with E-state index in [1.807, 2.05) is 60.7 Å². The van der Waals surface area contributed by atoms with E-state index >= 15 is 0 Å². The molecule has 0 fully saturated rings. The summed E-state index contributed by atoms with van der Waals surface area (Å²) in [4.78, 5) is 16.6. The van der Waals surface area contributed by atoms with Crippen LogP contribution in [0.25, 0.3) is 22.2 Å². The van der Waals surface area contributed by atoms with E-state index in [0.717, 1.165) is 19.5 Å². The largest absolute Gasteiger partial charge is 0.534 e. The molecular weight excluding hydrogens is 627 g/mol. The van der Waals surface area contributed by atoms with Crippen molar-refractivity contribution < 1.29 is 14.3 Å². The van der Waals surface area contributed by atoms with Gasteiger partial charge in [-0.15, -0.1) is 0 Å². The summed E-state index contributed by atoms with van der Waals surface area (Å²) in [7, 11) is -2.95. The lowest BCUT2D eigenvalue weighted by molar-refractivity contribution is 0.197. The Balaban J connectivity index is 1.82. The second kappa shape index (κ2) is 10.2. The van der Waals surface area contributed by atoms with Gasteiger partial charge in [-0.05, 0) is 62.3 Å². The molecule has 5 aromatic rings. The summed E-state index contributed by atoms with van der Waals surface area (Å²) in [5.74, 6) is 0.643. The molecule has 0 unspecified atom stereocenters. The molecule has 0 atom stereocenters. The van der Waals surface area contributed by atoms with Crippen molar-refractivity contribution in [2.75, 3.05) is 0 Å². The molecule has 0 aliphatic heterocycles. The fourth-order valence-electron chi connectivity index (χ4n) is 5.10. The maximum atomic E-state index is 12.2. The van der Waals surface area contributed by atoms with E-state index in [-0.39, 0.29) is 5.04 Å². The zero-order valence-corrected chi connectivity index (χ0v) is 25.1. The standard InChI is InChI=1S/C30H26ClIN2O3Si/c1-30(2,3)38(21-10-6-4-7-11-21,22-12-8-5-9-13-22)37-26-15-14-20(31)18-24(26)23-16-17-33-27-25(32)19-34(28(23)27)29(35)36/h4-19H,1-3H3,(H,35,36). The van der Waals surface area contributed by atoms with Gasteiger partial charge in [0.05, 0.1) is 9.09 Å². The average Bonchev–Trinajstić information content (AvgIpc) is 3.25. The first kappa shape index (κ1) is 26.5. The number of nitrogens with zero attached hydrogens (tertiary/aromatic N) is 2. The summed E-state index contributed by atoms with van der Waals surface area (Å²) in [6.07, 6.45) is 2.19. The Hall–Kier alpha value is -3.14. The van der Waals surface area contributed by atoms with Gasteiger partial charge in [0.15, 0.2) is 0 Å². The maximum absolute atomic E-state index is 12.2. The minimum Gasteiger partial charge on any atom is -0.534 e. The molecule has 8 heteroatoms. The first-order chi connectivity index (χ1) is 18.1. The van der Waals surface area contributed by atoms with Gasteiger partial charge in [0.25, 0.3) is 0 Å². The van der Waals surface area contributed by atoms with Gasteiger partial charge in [0, 0.05) is 28.5 Å². The van der Waals surface area contributed by atoms with E-state index in [1.165, 1.54) is 4.57 Å². The number of carboxylic acid groups (broad SMARTS) is 1. The molecule has 3 aromatic carbocycles. The Morgan fingerprint density at radius 2 is 1.55 bits per heavy atom. The van der Waals surface area contributed by atoms with Crippen LogP contribution in [0.4, 0.5) is 4.79 Å². The lowest BCUT2D eigenvalue weighted by atomic mass is 10.0. The lowest BCUT2D eigenvalue weighted by Gasteiger charge is -2.43. The van der Waals surface area contributed by atoms with Crippen LogP contribution in [0.3, 0.4) is 0 Å². The highest BCUT2D eigenvalue weighted by Crippen LogP contribution is 2.43.